The molecule has 2 aromatic carbocycles. The third-order valence-electron chi connectivity index (χ3n) is 5.37. The number of carbonyl (C=O) groups excluding carboxylic acids is 1. The smallest absolute Gasteiger partial charge is 0.230 e. The van der Waals surface area contributed by atoms with Crippen LogP contribution in [0.3, 0.4) is 0 Å². The van der Waals surface area contributed by atoms with Crippen LogP contribution in [-0.4, -0.2) is 56.0 Å². The number of ether oxygens (including phenoxy) is 2. The fraction of sp³-hybridized carbons (Fsp3) is 0.458. The van der Waals surface area contributed by atoms with E-state index in [0.717, 1.165) is 48.8 Å². The summed E-state index contributed by atoms with van der Waals surface area (Å²) in [5, 5.41) is 3.00. The Morgan fingerprint density at radius 1 is 1.20 bits per heavy atom. The van der Waals surface area contributed by atoms with Crippen LogP contribution >= 0.6 is 11.8 Å². The normalized spacial score (nSPS) is 14.6. The zero-order valence-electron chi connectivity index (χ0n) is 17.9. The highest BCUT2D eigenvalue weighted by atomic mass is 32.2. The van der Waals surface area contributed by atoms with Crippen molar-refractivity contribution in [2.45, 2.75) is 37.2 Å². The van der Waals surface area contributed by atoms with Crippen LogP contribution < -0.4 is 10.1 Å². The molecule has 0 bridgehead atoms. The monoisotopic (exact) mass is 428 g/mol. The number of hydrogen-bond donors (Lipinski definition) is 1. The van der Waals surface area contributed by atoms with Gasteiger partial charge in [-0.3, -0.25) is 9.69 Å². The Labute approximate surface area is 184 Å². The van der Waals surface area contributed by atoms with Gasteiger partial charge >= 0.3 is 0 Å². The van der Waals surface area contributed by atoms with Crippen LogP contribution in [0.1, 0.15) is 24.0 Å². The van der Waals surface area contributed by atoms with Crippen LogP contribution in [0.5, 0.6) is 5.75 Å². The third-order valence-corrected chi connectivity index (χ3v) is 6.54. The molecule has 1 saturated heterocycles. The molecular formula is C24H32N2O3S. The van der Waals surface area contributed by atoms with Crippen molar-refractivity contribution in [1.82, 2.24) is 10.2 Å². The summed E-state index contributed by atoms with van der Waals surface area (Å²) in [5.41, 5.74) is 2.24. The van der Waals surface area contributed by atoms with Crippen molar-refractivity contribution in [3.05, 3.63) is 59.7 Å². The predicted octanol–water partition coefficient (Wildman–Crippen LogP) is 3.89. The molecule has 0 saturated carbocycles. The Hall–Kier alpha value is -2.02. The van der Waals surface area contributed by atoms with Crippen molar-refractivity contribution >= 4 is 17.7 Å². The van der Waals surface area contributed by atoms with E-state index in [0.29, 0.717) is 24.9 Å². The average Bonchev–Trinajstić information content (AvgIpc) is 2.78. The molecule has 0 aliphatic carbocycles. The molecule has 5 nitrogen and oxygen atoms in total. The van der Waals surface area contributed by atoms with Crippen molar-refractivity contribution in [1.29, 1.82) is 0 Å². The lowest BCUT2D eigenvalue weighted by molar-refractivity contribution is -0.118. The van der Waals surface area contributed by atoms with Gasteiger partial charge in [-0.05, 0) is 56.1 Å². The summed E-state index contributed by atoms with van der Waals surface area (Å²) in [6.07, 6.45) is 2.18. The van der Waals surface area contributed by atoms with Crippen molar-refractivity contribution in [3.63, 3.8) is 0 Å². The summed E-state index contributed by atoms with van der Waals surface area (Å²) in [6, 6.07) is 16.7. The number of aryl methyl sites for hydroxylation is 1. The number of likely N-dealkylation sites (N-methyl/N-ethyl adjacent to an activating group) is 1. The zero-order valence-corrected chi connectivity index (χ0v) is 18.7. The topological polar surface area (TPSA) is 50.8 Å². The first-order chi connectivity index (χ1) is 14.6. The van der Waals surface area contributed by atoms with Crippen molar-refractivity contribution in [2.75, 3.05) is 39.2 Å². The van der Waals surface area contributed by atoms with Crippen LogP contribution in [0, 0.1) is 6.92 Å². The van der Waals surface area contributed by atoms with Gasteiger partial charge < -0.3 is 14.8 Å². The first-order valence-electron chi connectivity index (χ1n) is 10.6. The molecule has 6 heteroatoms. The van der Waals surface area contributed by atoms with Gasteiger partial charge in [0.2, 0.25) is 5.91 Å². The molecule has 1 amide bonds. The SMILES string of the molecule is Cc1ccccc1SCC(=O)NCc1cccc(OCCN(C)C2CCOCC2)c1. The quantitative estimate of drug-likeness (QED) is 0.582. The fourth-order valence-corrected chi connectivity index (χ4v) is 4.33. The number of thioether (sulfide) groups is 1. The minimum absolute atomic E-state index is 0.0349. The molecule has 1 fully saturated rings. The number of hydrogen-bond acceptors (Lipinski definition) is 5. The van der Waals surface area contributed by atoms with Gasteiger partial charge in [0.1, 0.15) is 12.4 Å². The van der Waals surface area contributed by atoms with Gasteiger partial charge in [-0.15, -0.1) is 11.8 Å². The minimum Gasteiger partial charge on any atom is -0.492 e. The molecule has 2 aromatic rings. The Morgan fingerprint density at radius 3 is 2.80 bits per heavy atom. The van der Waals surface area contributed by atoms with E-state index in [2.05, 4.69) is 30.3 Å². The number of carbonyl (C=O) groups is 1. The molecule has 0 radical (unpaired) electrons. The number of benzene rings is 2. The van der Waals surface area contributed by atoms with E-state index >= 15 is 0 Å². The van der Waals surface area contributed by atoms with Gasteiger partial charge in [0, 0.05) is 37.2 Å². The highest BCUT2D eigenvalue weighted by molar-refractivity contribution is 8.00. The summed E-state index contributed by atoms with van der Waals surface area (Å²) in [5.74, 6) is 1.30. The number of amides is 1. The summed E-state index contributed by atoms with van der Waals surface area (Å²) >= 11 is 1.57. The van der Waals surface area contributed by atoms with Gasteiger partial charge in [0.05, 0.1) is 5.75 Å². The molecule has 1 aliphatic heterocycles. The number of rotatable bonds is 10. The van der Waals surface area contributed by atoms with Crippen LogP contribution in [0.4, 0.5) is 0 Å². The molecule has 1 aliphatic rings. The lowest BCUT2D eigenvalue weighted by Crippen LogP contribution is -2.38. The second kappa shape index (κ2) is 12.0. The van der Waals surface area contributed by atoms with E-state index in [1.165, 1.54) is 5.56 Å². The Morgan fingerprint density at radius 2 is 2.00 bits per heavy atom. The van der Waals surface area contributed by atoms with Crippen LogP contribution in [0.2, 0.25) is 0 Å². The van der Waals surface area contributed by atoms with Gasteiger partial charge in [-0.1, -0.05) is 30.3 Å². The van der Waals surface area contributed by atoms with Gasteiger partial charge in [-0.2, -0.15) is 0 Å². The van der Waals surface area contributed by atoms with E-state index in [4.69, 9.17) is 9.47 Å². The van der Waals surface area contributed by atoms with Crippen LogP contribution in [0.25, 0.3) is 0 Å². The van der Waals surface area contributed by atoms with Crippen LogP contribution in [-0.2, 0) is 16.1 Å². The highest BCUT2D eigenvalue weighted by Gasteiger charge is 2.18. The Kier molecular flexibility index (Phi) is 9.05. The zero-order chi connectivity index (χ0) is 21.2. The molecule has 1 heterocycles. The van der Waals surface area contributed by atoms with E-state index in [-0.39, 0.29) is 5.91 Å². The molecular weight excluding hydrogens is 396 g/mol. The molecule has 1 N–H and O–H groups in total. The molecule has 0 aromatic heterocycles. The standard InChI is InChI=1S/C24H32N2O3S/c1-19-6-3-4-9-23(19)30-18-24(27)25-17-20-7-5-8-22(16-20)29-15-12-26(2)21-10-13-28-14-11-21/h3-9,16,21H,10-15,17-18H2,1-2H3,(H,25,27). The molecule has 162 valence electrons. The van der Waals surface area contributed by atoms with Crippen LogP contribution in [0.15, 0.2) is 53.4 Å². The molecule has 0 spiro atoms. The van der Waals surface area contributed by atoms with Gasteiger partial charge in [0.15, 0.2) is 0 Å². The van der Waals surface area contributed by atoms with E-state index in [1.54, 1.807) is 11.8 Å². The third kappa shape index (κ3) is 7.35. The minimum atomic E-state index is 0.0349. The highest BCUT2D eigenvalue weighted by Crippen LogP contribution is 2.21. The van der Waals surface area contributed by atoms with Crippen molar-refractivity contribution in [2.24, 2.45) is 0 Å². The first-order valence-corrected chi connectivity index (χ1v) is 11.6. The number of nitrogens with one attached hydrogen (secondary N) is 1. The predicted molar refractivity (Wildman–Crippen MR) is 122 cm³/mol. The summed E-state index contributed by atoms with van der Waals surface area (Å²) in [4.78, 5) is 15.7. The molecule has 30 heavy (non-hydrogen) atoms. The number of nitrogens with zero attached hydrogens (tertiary/aromatic N) is 1. The maximum atomic E-state index is 12.2. The summed E-state index contributed by atoms with van der Waals surface area (Å²) < 4.78 is 11.4. The first kappa shape index (κ1) is 22.7. The summed E-state index contributed by atoms with van der Waals surface area (Å²) in [7, 11) is 2.15. The fourth-order valence-electron chi connectivity index (χ4n) is 3.47. The van der Waals surface area contributed by atoms with Crippen molar-refractivity contribution < 1.29 is 14.3 Å². The molecule has 0 unspecified atom stereocenters. The molecule has 3 rings (SSSR count). The molecule has 0 atom stereocenters. The van der Waals surface area contributed by atoms with Gasteiger partial charge in [-0.25, -0.2) is 0 Å². The Balaban J connectivity index is 1.38. The lowest BCUT2D eigenvalue weighted by Gasteiger charge is -2.31. The van der Waals surface area contributed by atoms with E-state index in [9.17, 15) is 4.79 Å². The Bertz CT molecular complexity index is 809. The summed E-state index contributed by atoms with van der Waals surface area (Å²) in [6.45, 7) is 5.82. The lowest BCUT2D eigenvalue weighted by atomic mass is 10.1. The maximum Gasteiger partial charge on any atom is 0.230 e. The van der Waals surface area contributed by atoms with Crippen molar-refractivity contribution in [3.8, 4) is 5.75 Å². The second-order valence-electron chi connectivity index (χ2n) is 7.65. The average molecular weight is 429 g/mol. The largest absolute Gasteiger partial charge is 0.492 e. The maximum absolute atomic E-state index is 12.2. The van der Waals surface area contributed by atoms with Gasteiger partial charge in [0.25, 0.3) is 0 Å². The van der Waals surface area contributed by atoms with E-state index in [1.807, 2.05) is 42.5 Å². The second-order valence-corrected chi connectivity index (χ2v) is 8.67. The van der Waals surface area contributed by atoms with E-state index < -0.39 is 0 Å².